The second-order valence-corrected chi connectivity index (χ2v) is 14.8. The third-order valence-electron chi connectivity index (χ3n) is 5.76. The summed E-state index contributed by atoms with van der Waals surface area (Å²) in [6.07, 6.45) is 2.48. The average molecular weight is 726 g/mol. The Balaban J connectivity index is 0.000000539. The van der Waals surface area contributed by atoms with Gasteiger partial charge in [-0.05, 0) is 33.1 Å². The van der Waals surface area contributed by atoms with Gasteiger partial charge in [-0.25, -0.2) is 0 Å². The maximum Gasteiger partial charge on any atom is 0.0939 e. The molecule has 0 fully saturated rings. The number of phenols is 2. The first-order valence-corrected chi connectivity index (χ1v) is 15.1. The molecular weight excluding hydrogens is 678 g/mol. The van der Waals surface area contributed by atoms with Gasteiger partial charge in [-0.1, -0.05) is 105 Å². The van der Waals surface area contributed by atoms with E-state index in [0.717, 1.165) is 33.4 Å². The zero-order valence-electron chi connectivity index (χ0n) is 26.9. The molecule has 0 bridgehead atoms. The zero-order chi connectivity index (χ0) is 31.8. The van der Waals surface area contributed by atoms with E-state index in [1.54, 1.807) is 5.94 Å². The Morgan fingerprint density at radius 2 is 1.02 bits per heavy atom. The molecule has 0 aromatic heterocycles. The number of hydrogen-bond acceptors (Lipinski definition) is 3. The molecule has 0 aliphatic heterocycles. The Bertz CT molecular complexity index is 1320. The van der Waals surface area contributed by atoms with Crippen LogP contribution < -0.4 is 0 Å². The van der Waals surface area contributed by atoms with Gasteiger partial charge in [0.05, 0.1) is 11.5 Å². The van der Waals surface area contributed by atoms with Crippen LogP contribution in [0.4, 0.5) is 0 Å². The van der Waals surface area contributed by atoms with E-state index in [4.69, 9.17) is 0 Å². The third kappa shape index (κ3) is 11.9. The minimum absolute atomic E-state index is 0.123. The fraction of sp³-hybridized carbons (Fsp3) is 0.444. The van der Waals surface area contributed by atoms with Crippen molar-refractivity contribution in [3.63, 3.8) is 0 Å². The van der Waals surface area contributed by atoms with Crippen LogP contribution in [-0.2, 0) is 35.1 Å². The van der Waals surface area contributed by atoms with Crippen molar-refractivity contribution in [1.29, 1.82) is 0 Å². The third-order valence-corrected chi connectivity index (χ3v) is 7.73. The Labute approximate surface area is 259 Å². The van der Waals surface area contributed by atoms with Crippen LogP contribution in [0.1, 0.15) is 94.2 Å². The number of benzene rings is 3. The Kier molecular flexibility index (Phi) is 12.6. The van der Waals surface area contributed by atoms with Crippen LogP contribution in [0.25, 0.3) is 25.6 Å². The summed E-state index contributed by atoms with van der Waals surface area (Å²) >= 11 is 1.32. The van der Waals surface area contributed by atoms with Crippen molar-refractivity contribution in [1.82, 2.24) is 0 Å². The van der Waals surface area contributed by atoms with Crippen LogP contribution in [0, 0.1) is 17.6 Å². The largest absolute Gasteiger partial charge is 0.515 e. The summed E-state index contributed by atoms with van der Waals surface area (Å²) in [7, 11) is 0. The number of para-hydroxylation sites is 2. The van der Waals surface area contributed by atoms with Crippen LogP contribution in [0.5, 0.6) is 11.5 Å². The van der Waals surface area contributed by atoms with E-state index >= 15 is 0 Å². The van der Waals surface area contributed by atoms with Crippen molar-refractivity contribution in [2.75, 3.05) is 0 Å². The summed E-state index contributed by atoms with van der Waals surface area (Å²) in [5.41, 5.74) is 4.69. The summed E-state index contributed by atoms with van der Waals surface area (Å²) in [5.74, 6) is 2.18. The van der Waals surface area contributed by atoms with Crippen LogP contribution in [0.15, 0.2) is 54.6 Å². The molecule has 0 aliphatic carbocycles. The molecule has 3 aromatic carbocycles. The predicted octanol–water partition coefficient (Wildman–Crippen LogP) is 9.67. The number of carbonyl (C=O) groups excluding carboxylic acids is 1. The van der Waals surface area contributed by atoms with Crippen LogP contribution >= 0.6 is 0 Å². The molecular formula is C36H47NO3W-. The number of aromatic hydroxyl groups is 2. The van der Waals surface area contributed by atoms with E-state index in [9.17, 15) is 15.0 Å². The summed E-state index contributed by atoms with van der Waals surface area (Å²) in [6.45, 7) is 24.5. The minimum Gasteiger partial charge on any atom is -0.515 e. The fourth-order valence-corrected chi connectivity index (χ4v) is 3.67. The van der Waals surface area contributed by atoms with Gasteiger partial charge < -0.3 is 16.3 Å². The molecule has 0 unspecified atom stereocenters. The van der Waals surface area contributed by atoms with E-state index in [2.05, 4.69) is 77.8 Å². The molecule has 3 aromatic rings. The van der Waals surface area contributed by atoms with Crippen molar-refractivity contribution < 1.29 is 34.5 Å². The molecule has 0 saturated carbocycles. The Morgan fingerprint density at radius 3 is 1.27 bits per heavy atom. The molecule has 41 heavy (non-hydrogen) atoms. The molecule has 3 rings (SSSR count). The second kappa shape index (κ2) is 14.3. The van der Waals surface area contributed by atoms with E-state index in [1.165, 1.54) is 19.4 Å². The molecule has 4 nitrogen and oxygen atoms in total. The quantitative estimate of drug-likeness (QED) is 0.204. The minimum atomic E-state index is -0.156. The van der Waals surface area contributed by atoms with Gasteiger partial charge in [-0.15, -0.1) is 35.4 Å². The van der Waals surface area contributed by atoms with Crippen molar-refractivity contribution in [2.45, 2.75) is 99.5 Å². The molecule has 0 spiro atoms. The number of hydrogen-bond donors (Lipinski definition) is 2. The van der Waals surface area contributed by atoms with Gasteiger partial charge in [0.2, 0.25) is 0 Å². The summed E-state index contributed by atoms with van der Waals surface area (Å²) in [6, 6.07) is 20.9. The van der Waals surface area contributed by atoms with E-state index in [1.807, 2.05) is 75.4 Å². The van der Waals surface area contributed by atoms with Gasteiger partial charge in [0.25, 0.3) is 0 Å². The monoisotopic (exact) mass is 725 g/mol. The van der Waals surface area contributed by atoms with Gasteiger partial charge in [0.1, 0.15) is 0 Å². The van der Waals surface area contributed by atoms with Gasteiger partial charge in [0, 0.05) is 0 Å². The number of allylic oxidation sites excluding steroid dienone is 1. The molecule has 2 N–H and O–H groups in total. The SMILES string of the molecule is CC(C)(C)[C-]=C=O.CC(C)(C)[N+]#[W].CC(C)(C)c1cccc(-c2[c-]c(-c3cccc(C(C)(C)C)c3O)ccc2)c1O. The molecule has 0 aliphatic rings. The second-order valence-electron chi connectivity index (χ2n) is 14.1. The summed E-state index contributed by atoms with van der Waals surface area (Å²) in [5, 5.41) is 21.8. The topological polar surface area (TPSA) is 61.9 Å². The Morgan fingerprint density at radius 1 is 0.683 bits per heavy atom. The van der Waals surface area contributed by atoms with Gasteiger partial charge in [-0.3, -0.25) is 4.79 Å². The molecule has 0 saturated heterocycles. The van der Waals surface area contributed by atoms with Crippen LogP contribution in [-0.4, -0.2) is 21.7 Å². The molecule has 5 heteroatoms. The van der Waals surface area contributed by atoms with Gasteiger partial charge in [-0.2, -0.15) is 5.41 Å². The first kappa shape index (κ1) is 36.1. The van der Waals surface area contributed by atoms with Crippen molar-refractivity contribution >= 4 is 5.94 Å². The fourth-order valence-electron chi connectivity index (χ4n) is 3.67. The predicted molar refractivity (Wildman–Crippen MR) is 168 cm³/mol. The zero-order valence-corrected chi connectivity index (χ0v) is 29.8. The van der Waals surface area contributed by atoms with Crippen LogP contribution in [0.2, 0.25) is 0 Å². The van der Waals surface area contributed by atoms with E-state index in [0.29, 0.717) is 0 Å². The van der Waals surface area contributed by atoms with Gasteiger partial charge >= 0.3 is 49.1 Å². The van der Waals surface area contributed by atoms with Crippen molar-refractivity contribution in [3.05, 3.63) is 81.2 Å². The van der Waals surface area contributed by atoms with E-state index < -0.39 is 0 Å². The smallest absolute Gasteiger partial charge is 0.0939 e. The Hall–Kier alpha value is -2.89. The molecule has 221 valence electrons. The number of nitrogens with zero attached hydrogens (tertiary/aromatic N) is 1. The standard InChI is InChI=1S/C26H29O2.C6H9O.C4H9N.W/c1-25(2,3)21-14-8-12-19(23(21)27)17-10-7-11-18(16-17)20-13-9-15-22(24(20)28)26(4,5)6;1-6(2,3)4-5-7;1-4(2,3)5;/h7-15,27-28H,1-6H3;1-3H3;1-3H3;/q2*-1;+1;. The van der Waals surface area contributed by atoms with Gasteiger partial charge in [0.15, 0.2) is 0 Å². The molecule has 0 radical (unpaired) electrons. The number of rotatable bonds is 2. The maximum absolute atomic E-state index is 10.9. The first-order chi connectivity index (χ1) is 18.6. The maximum atomic E-state index is 10.9. The summed E-state index contributed by atoms with van der Waals surface area (Å²) < 4.78 is 4.10. The molecule has 0 heterocycles. The van der Waals surface area contributed by atoms with Crippen molar-refractivity contribution in [2.24, 2.45) is 5.41 Å². The number of phenolic OH excluding ortho intramolecular Hbond substituents is 2. The average Bonchev–Trinajstić information content (AvgIpc) is 2.82. The van der Waals surface area contributed by atoms with E-state index in [-0.39, 0.29) is 33.3 Å². The first-order valence-electron chi connectivity index (χ1n) is 13.8. The molecule has 0 amide bonds. The normalized spacial score (nSPS) is 11.6. The van der Waals surface area contributed by atoms with Crippen molar-refractivity contribution in [3.8, 4) is 33.8 Å². The van der Waals surface area contributed by atoms with Crippen LogP contribution in [0.3, 0.4) is 0 Å². The summed E-state index contributed by atoms with van der Waals surface area (Å²) in [4.78, 5) is 9.58. The molecule has 0 atom stereocenters.